The Labute approximate surface area is 167 Å². The normalized spacial score (nSPS) is 21.8. The van der Waals surface area contributed by atoms with E-state index in [0.717, 1.165) is 24.8 Å². The number of nitrogens with zero attached hydrogens (tertiary/aromatic N) is 2. The minimum absolute atomic E-state index is 0.600. The summed E-state index contributed by atoms with van der Waals surface area (Å²) in [5, 5.41) is 0. The van der Waals surface area contributed by atoms with Crippen LogP contribution in [0.5, 0.6) is 0 Å². The third-order valence-electron chi connectivity index (χ3n) is 5.08. The lowest BCUT2D eigenvalue weighted by atomic mass is 10.1. The lowest BCUT2D eigenvalue weighted by Crippen LogP contribution is -2.55. The van der Waals surface area contributed by atoms with Gasteiger partial charge >= 0.3 is 0 Å². The molecule has 0 amide bonds. The van der Waals surface area contributed by atoms with Crippen LogP contribution in [0.3, 0.4) is 0 Å². The molecular formula is C22H30N2S2. The maximum atomic E-state index is 2.63. The van der Waals surface area contributed by atoms with Crippen molar-refractivity contribution in [1.29, 1.82) is 0 Å². The van der Waals surface area contributed by atoms with Gasteiger partial charge in [-0.15, -0.1) is 23.5 Å². The van der Waals surface area contributed by atoms with Gasteiger partial charge in [-0.25, -0.2) is 0 Å². The van der Waals surface area contributed by atoms with Crippen molar-refractivity contribution in [2.45, 2.75) is 49.6 Å². The zero-order chi connectivity index (χ0) is 18.5. The van der Waals surface area contributed by atoms with E-state index in [1.165, 1.54) is 20.9 Å². The highest BCUT2D eigenvalue weighted by Gasteiger charge is 2.28. The van der Waals surface area contributed by atoms with Crippen molar-refractivity contribution in [3.8, 4) is 0 Å². The Balaban J connectivity index is 1.48. The molecule has 2 aromatic rings. The van der Waals surface area contributed by atoms with Crippen molar-refractivity contribution in [2.24, 2.45) is 0 Å². The summed E-state index contributed by atoms with van der Waals surface area (Å²) in [6.07, 6.45) is 0. The molecule has 1 saturated heterocycles. The minimum Gasteiger partial charge on any atom is -0.288 e. The fourth-order valence-electron chi connectivity index (χ4n) is 3.21. The van der Waals surface area contributed by atoms with Gasteiger partial charge < -0.3 is 0 Å². The zero-order valence-corrected chi connectivity index (χ0v) is 17.9. The molecule has 1 aliphatic heterocycles. The van der Waals surface area contributed by atoms with Gasteiger partial charge in [0, 0.05) is 46.7 Å². The maximum absolute atomic E-state index is 2.63. The third kappa shape index (κ3) is 5.53. The summed E-state index contributed by atoms with van der Waals surface area (Å²) >= 11 is 3.91. The largest absolute Gasteiger partial charge is 0.288 e. The summed E-state index contributed by atoms with van der Waals surface area (Å²) < 4.78 is 0. The molecule has 0 saturated carbocycles. The molecule has 1 aliphatic rings. The fourth-order valence-corrected chi connectivity index (χ4v) is 5.22. The summed E-state index contributed by atoms with van der Waals surface area (Å²) in [6.45, 7) is 11.3. The second kappa shape index (κ2) is 9.32. The van der Waals surface area contributed by atoms with Crippen LogP contribution in [0.1, 0.15) is 25.0 Å². The molecule has 140 valence electrons. The van der Waals surface area contributed by atoms with E-state index in [9.17, 15) is 0 Å². The third-order valence-corrected chi connectivity index (χ3v) is 7.21. The summed E-state index contributed by atoms with van der Waals surface area (Å²) in [5.41, 5.74) is 2.66. The van der Waals surface area contributed by atoms with E-state index in [0.29, 0.717) is 12.1 Å². The van der Waals surface area contributed by atoms with Gasteiger partial charge in [-0.2, -0.15) is 0 Å². The lowest BCUT2D eigenvalue weighted by molar-refractivity contribution is 0.0708. The van der Waals surface area contributed by atoms with Gasteiger partial charge in [-0.05, 0) is 52.0 Å². The summed E-state index contributed by atoms with van der Waals surface area (Å²) in [5.74, 6) is 2.15. The highest BCUT2D eigenvalue weighted by Crippen LogP contribution is 2.26. The van der Waals surface area contributed by atoms with Crippen LogP contribution in [-0.4, -0.2) is 46.7 Å². The van der Waals surface area contributed by atoms with Crippen LogP contribution in [0.15, 0.2) is 58.3 Å². The summed E-state index contributed by atoms with van der Waals surface area (Å²) in [6, 6.07) is 19.0. The van der Waals surface area contributed by atoms with E-state index in [1.54, 1.807) is 0 Å². The van der Waals surface area contributed by atoms with E-state index in [2.05, 4.69) is 86.0 Å². The van der Waals surface area contributed by atoms with Crippen LogP contribution in [0.25, 0.3) is 0 Å². The number of hydrogen-bond donors (Lipinski definition) is 0. The van der Waals surface area contributed by atoms with E-state index in [-0.39, 0.29) is 0 Å². The highest BCUT2D eigenvalue weighted by atomic mass is 32.2. The molecule has 3 rings (SSSR count). The van der Waals surface area contributed by atoms with Crippen LogP contribution < -0.4 is 0 Å². The Bertz CT molecular complexity index is 623. The van der Waals surface area contributed by atoms with Crippen LogP contribution in [0.2, 0.25) is 0 Å². The van der Waals surface area contributed by atoms with Gasteiger partial charge in [0.25, 0.3) is 0 Å². The van der Waals surface area contributed by atoms with Gasteiger partial charge in [0.1, 0.15) is 0 Å². The predicted octanol–water partition coefficient (Wildman–Crippen LogP) is 5.50. The standard InChI is InChI=1S/C22H30N2S2/c1-17-5-9-21(10-6-17)25-15-23-13-20(4)24(14-19(23)3)16-26-22-11-7-18(2)8-12-22/h5-12,19-20H,13-16H2,1-4H3. The minimum atomic E-state index is 0.600. The Kier molecular flexibility index (Phi) is 7.10. The van der Waals surface area contributed by atoms with E-state index in [4.69, 9.17) is 0 Å². The first-order chi connectivity index (χ1) is 12.5. The maximum Gasteiger partial charge on any atom is 0.0495 e. The SMILES string of the molecule is Cc1ccc(SCN2CC(C)N(CSc3ccc(C)cc3)CC2C)cc1. The molecule has 1 heterocycles. The molecule has 0 aliphatic carbocycles. The van der Waals surface area contributed by atoms with Crippen LogP contribution in [-0.2, 0) is 0 Å². The number of hydrogen-bond acceptors (Lipinski definition) is 4. The van der Waals surface area contributed by atoms with E-state index in [1.807, 2.05) is 23.5 Å². The lowest BCUT2D eigenvalue weighted by Gasteiger charge is -2.43. The monoisotopic (exact) mass is 386 g/mol. The van der Waals surface area contributed by atoms with Gasteiger partial charge in [-0.1, -0.05) is 35.4 Å². The van der Waals surface area contributed by atoms with Gasteiger partial charge in [0.15, 0.2) is 0 Å². The molecule has 2 nitrogen and oxygen atoms in total. The molecule has 0 bridgehead atoms. The van der Waals surface area contributed by atoms with Crippen LogP contribution in [0.4, 0.5) is 0 Å². The zero-order valence-electron chi connectivity index (χ0n) is 16.3. The van der Waals surface area contributed by atoms with Crippen molar-refractivity contribution < 1.29 is 0 Å². The second-order valence-electron chi connectivity index (χ2n) is 7.41. The first-order valence-electron chi connectivity index (χ1n) is 9.38. The predicted molar refractivity (Wildman–Crippen MR) is 116 cm³/mol. The quantitative estimate of drug-likeness (QED) is 0.605. The summed E-state index contributed by atoms with van der Waals surface area (Å²) in [7, 11) is 0. The first kappa shape index (κ1) is 19.8. The topological polar surface area (TPSA) is 6.48 Å². The van der Waals surface area contributed by atoms with E-state index >= 15 is 0 Å². The number of aryl methyl sites for hydroxylation is 2. The molecule has 1 fully saturated rings. The van der Waals surface area contributed by atoms with Gasteiger partial charge in [0.05, 0.1) is 0 Å². The van der Waals surface area contributed by atoms with Crippen molar-refractivity contribution in [1.82, 2.24) is 9.80 Å². The smallest absolute Gasteiger partial charge is 0.0495 e. The van der Waals surface area contributed by atoms with E-state index < -0.39 is 0 Å². The van der Waals surface area contributed by atoms with Crippen molar-refractivity contribution in [3.63, 3.8) is 0 Å². The molecule has 26 heavy (non-hydrogen) atoms. The highest BCUT2D eigenvalue weighted by molar-refractivity contribution is 7.99. The Hall–Kier alpha value is -0.940. The molecule has 2 atom stereocenters. The number of benzene rings is 2. The Morgan fingerprint density at radius 1 is 0.692 bits per heavy atom. The van der Waals surface area contributed by atoms with Crippen LogP contribution in [0, 0.1) is 13.8 Å². The van der Waals surface area contributed by atoms with Crippen molar-refractivity contribution in [2.75, 3.05) is 24.8 Å². The molecule has 2 aromatic carbocycles. The van der Waals surface area contributed by atoms with Crippen molar-refractivity contribution in [3.05, 3.63) is 59.7 Å². The van der Waals surface area contributed by atoms with Crippen molar-refractivity contribution >= 4 is 23.5 Å². The number of rotatable bonds is 6. The molecule has 0 N–H and O–H groups in total. The Morgan fingerprint density at radius 2 is 1.04 bits per heavy atom. The fraction of sp³-hybridized carbons (Fsp3) is 0.455. The Morgan fingerprint density at radius 3 is 1.38 bits per heavy atom. The van der Waals surface area contributed by atoms with Crippen LogP contribution >= 0.6 is 23.5 Å². The number of piperazine rings is 1. The molecule has 2 unspecified atom stereocenters. The summed E-state index contributed by atoms with van der Waals surface area (Å²) in [4.78, 5) is 7.99. The molecule has 0 radical (unpaired) electrons. The second-order valence-corrected chi connectivity index (χ2v) is 9.45. The van der Waals surface area contributed by atoms with Gasteiger partial charge in [0.2, 0.25) is 0 Å². The van der Waals surface area contributed by atoms with Gasteiger partial charge in [-0.3, -0.25) is 9.80 Å². The molecule has 4 heteroatoms. The molecule has 0 aromatic heterocycles. The average Bonchev–Trinajstić information content (AvgIpc) is 2.63. The molecular weight excluding hydrogens is 356 g/mol. The average molecular weight is 387 g/mol. The number of thioether (sulfide) groups is 2. The first-order valence-corrected chi connectivity index (χ1v) is 11.4. The molecule has 0 spiro atoms.